The van der Waals surface area contributed by atoms with Crippen molar-refractivity contribution in [1.82, 2.24) is 15.1 Å². The summed E-state index contributed by atoms with van der Waals surface area (Å²) in [6.45, 7) is 16.0. The standard InChI is InChI=1S/C17H34N4O/c1-4-18-17(21-7-5-6-15(2)14-21)19-12-16(3)13-20-8-10-22-11-9-20/h15-16H,4-14H2,1-3H3,(H,18,19). The average molecular weight is 310 g/mol. The highest BCUT2D eigenvalue weighted by atomic mass is 16.5. The summed E-state index contributed by atoms with van der Waals surface area (Å²) >= 11 is 0. The Hall–Kier alpha value is -0.810. The molecular formula is C17H34N4O. The van der Waals surface area contributed by atoms with Crippen LogP contribution in [0.1, 0.15) is 33.6 Å². The van der Waals surface area contributed by atoms with E-state index in [1.54, 1.807) is 0 Å². The van der Waals surface area contributed by atoms with Crippen LogP contribution in [0.2, 0.25) is 0 Å². The molecule has 2 aliphatic heterocycles. The molecule has 2 unspecified atom stereocenters. The summed E-state index contributed by atoms with van der Waals surface area (Å²) < 4.78 is 5.41. The number of rotatable bonds is 5. The van der Waals surface area contributed by atoms with Gasteiger partial charge in [-0.15, -0.1) is 0 Å². The third-order valence-corrected chi connectivity index (χ3v) is 4.52. The molecule has 0 radical (unpaired) electrons. The third kappa shape index (κ3) is 5.76. The van der Waals surface area contributed by atoms with E-state index in [1.165, 1.54) is 12.8 Å². The molecule has 0 aromatic carbocycles. The maximum Gasteiger partial charge on any atom is 0.193 e. The quantitative estimate of drug-likeness (QED) is 0.619. The molecule has 0 aromatic rings. The fourth-order valence-electron chi connectivity index (χ4n) is 3.33. The highest BCUT2D eigenvalue weighted by Gasteiger charge is 2.19. The molecule has 0 saturated carbocycles. The van der Waals surface area contributed by atoms with Crippen LogP contribution in [-0.4, -0.2) is 74.8 Å². The summed E-state index contributed by atoms with van der Waals surface area (Å²) in [4.78, 5) is 9.85. The number of aliphatic imine (C=N–C) groups is 1. The minimum atomic E-state index is 0.592. The first-order chi connectivity index (χ1) is 10.7. The van der Waals surface area contributed by atoms with Crippen molar-refractivity contribution in [2.75, 3.05) is 59.0 Å². The van der Waals surface area contributed by atoms with E-state index < -0.39 is 0 Å². The largest absolute Gasteiger partial charge is 0.379 e. The smallest absolute Gasteiger partial charge is 0.193 e. The maximum atomic E-state index is 5.41. The first kappa shape index (κ1) is 17.5. The molecule has 2 heterocycles. The van der Waals surface area contributed by atoms with E-state index in [9.17, 15) is 0 Å². The minimum Gasteiger partial charge on any atom is -0.379 e. The molecular weight excluding hydrogens is 276 g/mol. The number of hydrogen-bond donors (Lipinski definition) is 1. The lowest BCUT2D eigenvalue weighted by Crippen LogP contribution is -2.46. The minimum absolute atomic E-state index is 0.592. The van der Waals surface area contributed by atoms with Crippen LogP contribution in [-0.2, 0) is 4.74 Å². The van der Waals surface area contributed by atoms with Crippen LogP contribution in [0, 0.1) is 11.8 Å². The lowest BCUT2D eigenvalue weighted by Gasteiger charge is -2.34. The average Bonchev–Trinajstić information content (AvgIpc) is 2.52. The van der Waals surface area contributed by atoms with Gasteiger partial charge in [-0.3, -0.25) is 9.89 Å². The van der Waals surface area contributed by atoms with Crippen molar-refractivity contribution in [2.24, 2.45) is 16.8 Å². The topological polar surface area (TPSA) is 40.1 Å². The fourth-order valence-corrected chi connectivity index (χ4v) is 3.33. The number of nitrogens with zero attached hydrogens (tertiary/aromatic N) is 3. The SMILES string of the molecule is CCNC(=NCC(C)CN1CCOCC1)N1CCCC(C)C1. The molecule has 0 aliphatic carbocycles. The molecule has 2 saturated heterocycles. The molecule has 2 rings (SSSR count). The van der Waals surface area contributed by atoms with Crippen molar-refractivity contribution in [3.63, 3.8) is 0 Å². The van der Waals surface area contributed by atoms with Gasteiger partial charge in [0, 0.05) is 45.8 Å². The van der Waals surface area contributed by atoms with Gasteiger partial charge in [-0.2, -0.15) is 0 Å². The summed E-state index contributed by atoms with van der Waals surface area (Å²) in [6, 6.07) is 0. The highest BCUT2D eigenvalue weighted by molar-refractivity contribution is 5.80. The van der Waals surface area contributed by atoms with Crippen LogP contribution in [0.5, 0.6) is 0 Å². The van der Waals surface area contributed by atoms with Crippen molar-refractivity contribution >= 4 is 5.96 Å². The number of piperidine rings is 1. The Bertz CT molecular complexity index is 342. The lowest BCUT2D eigenvalue weighted by molar-refractivity contribution is 0.0323. The van der Waals surface area contributed by atoms with E-state index in [2.05, 4.69) is 35.9 Å². The normalized spacial score (nSPS) is 26.0. The Labute approximate surface area is 136 Å². The second-order valence-electron chi connectivity index (χ2n) is 6.91. The first-order valence-electron chi connectivity index (χ1n) is 9.02. The number of morpholine rings is 1. The zero-order chi connectivity index (χ0) is 15.8. The second kappa shape index (κ2) is 9.36. The number of likely N-dealkylation sites (tertiary alicyclic amines) is 1. The van der Waals surface area contributed by atoms with Gasteiger partial charge in [-0.05, 0) is 31.6 Å². The maximum absolute atomic E-state index is 5.41. The van der Waals surface area contributed by atoms with Gasteiger partial charge < -0.3 is 15.0 Å². The molecule has 2 fully saturated rings. The summed E-state index contributed by atoms with van der Waals surface area (Å²) in [5.74, 6) is 2.49. The molecule has 5 heteroatoms. The number of hydrogen-bond acceptors (Lipinski definition) is 3. The third-order valence-electron chi connectivity index (χ3n) is 4.52. The number of ether oxygens (including phenoxy) is 1. The van der Waals surface area contributed by atoms with Gasteiger partial charge in [-0.25, -0.2) is 0 Å². The number of nitrogens with one attached hydrogen (secondary N) is 1. The summed E-state index contributed by atoms with van der Waals surface area (Å²) in [5, 5.41) is 3.47. The predicted molar refractivity (Wildman–Crippen MR) is 92.4 cm³/mol. The van der Waals surface area contributed by atoms with Gasteiger partial charge in [0.2, 0.25) is 0 Å². The van der Waals surface area contributed by atoms with Gasteiger partial charge >= 0.3 is 0 Å². The van der Waals surface area contributed by atoms with E-state index in [4.69, 9.17) is 9.73 Å². The molecule has 22 heavy (non-hydrogen) atoms. The van der Waals surface area contributed by atoms with E-state index >= 15 is 0 Å². The summed E-state index contributed by atoms with van der Waals surface area (Å²) in [5.41, 5.74) is 0. The van der Waals surface area contributed by atoms with Crippen molar-refractivity contribution in [1.29, 1.82) is 0 Å². The second-order valence-corrected chi connectivity index (χ2v) is 6.91. The van der Waals surface area contributed by atoms with E-state index in [0.29, 0.717) is 5.92 Å². The van der Waals surface area contributed by atoms with Crippen LogP contribution in [0.4, 0.5) is 0 Å². The van der Waals surface area contributed by atoms with Gasteiger partial charge in [0.15, 0.2) is 5.96 Å². The van der Waals surface area contributed by atoms with Gasteiger partial charge in [0.25, 0.3) is 0 Å². The Kier molecular flexibility index (Phi) is 7.46. The van der Waals surface area contributed by atoms with E-state index in [-0.39, 0.29) is 0 Å². The Balaban J connectivity index is 1.82. The van der Waals surface area contributed by atoms with E-state index in [1.807, 2.05) is 0 Å². The van der Waals surface area contributed by atoms with E-state index in [0.717, 1.165) is 70.9 Å². The zero-order valence-corrected chi connectivity index (χ0v) is 14.7. The van der Waals surface area contributed by atoms with Crippen molar-refractivity contribution < 1.29 is 4.74 Å². The lowest BCUT2D eigenvalue weighted by atomic mass is 10.0. The van der Waals surface area contributed by atoms with Crippen LogP contribution >= 0.6 is 0 Å². The molecule has 2 atom stereocenters. The molecule has 0 aromatic heterocycles. The van der Waals surface area contributed by atoms with Crippen molar-refractivity contribution in [2.45, 2.75) is 33.6 Å². The van der Waals surface area contributed by atoms with Crippen LogP contribution in [0.25, 0.3) is 0 Å². The Morgan fingerprint density at radius 2 is 2.09 bits per heavy atom. The molecule has 1 N–H and O–H groups in total. The van der Waals surface area contributed by atoms with Crippen LogP contribution in [0.15, 0.2) is 4.99 Å². The zero-order valence-electron chi connectivity index (χ0n) is 14.7. The van der Waals surface area contributed by atoms with Gasteiger partial charge in [0.05, 0.1) is 13.2 Å². The van der Waals surface area contributed by atoms with Crippen molar-refractivity contribution in [3.8, 4) is 0 Å². The Morgan fingerprint density at radius 3 is 2.77 bits per heavy atom. The molecule has 0 bridgehead atoms. The summed E-state index contributed by atoms with van der Waals surface area (Å²) in [7, 11) is 0. The molecule has 0 amide bonds. The van der Waals surface area contributed by atoms with Crippen LogP contribution in [0.3, 0.4) is 0 Å². The Morgan fingerprint density at radius 1 is 1.32 bits per heavy atom. The van der Waals surface area contributed by atoms with Gasteiger partial charge in [-0.1, -0.05) is 13.8 Å². The molecule has 0 spiro atoms. The molecule has 5 nitrogen and oxygen atoms in total. The van der Waals surface area contributed by atoms with Crippen molar-refractivity contribution in [3.05, 3.63) is 0 Å². The van der Waals surface area contributed by atoms with Gasteiger partial charge in [0.1, 0.15) is 0 Å². The fraction of sp³-hybridized carbons (Fsp3) is 0.941. The number of guanidine groups is 1. The predicted octanol–water partition coefficient (Wildman–Crippen LogP) is 1.65. The van der Waals surface area contributed by atoms with Crippen LogP contribution < -0.4 is 5.32 Å². The monoisotopic (exact) mass is 310 g/mol. The molecule has 128 valence electrons. The highest BCUT2D eigenvalue weighted by Crippen LogP contribution is 2.15. The summed E-state index contributed by atoms with van der Waals surface area (Å²) in [6.07, 6.45) is 2.64. The molecule has 2 aliphatic rings. The first-order valence-corrected chi connectivity index (χ1v) is 9.02.